The van der Waals surface area contributed by atoms with Gasteiger partial charge >= 0.3 is 11.8 Å². The fourth-order valence-corrected chi connectivity index (χ4v) is 2.23. The van der Waals surface area contributed by atoms with Crippen molar-refractivity contribution < 1.29 is 19.4 Å². The van der Waals surface area contributed by atoms with Crippen LogP contribution in [0.5, 0.6) is 11.5 Å². The Morgan fingerprint density at radius 1 is 1.23 bits per heavy atom. The van der Waals surface area contributed by atoms with Crippen LogP contribution in [0.25, 0.3) is 0 Å². The number of nitrogens with one attached hydrogen (secondary N) is 2. The highest BCUT2D eigenvalue weighted by Crippen LogP contribution is 2.34. The summed E-state index contributed by atoms with van der Waals surface area (Å²) in [4.78, 5) is 23.5. The first-order valence-electron chi connectivity index (χ1n) is 7.64. The lowest BCUT2D eigenvalue weighted by molar-refractivity contribution is -0.139. The van der Waals surface area contributed by atoms with Crippen molar-refractivity contribution in [3.63, 3.8) is 0 Å². The monoisotopic (exact) mass is 375 g/mol. The number of phenolic OH excluding ortho intramolecular Hbond substituents is 1. The maximum atomic E-state index is 11.8. The van der Waals surface area contributed by atoms with E-state index in [1.807, 2.05) is 31.2 Å². The lowest BCUT2D eigenvalue weighted by Gasteiger charge is -2.06. The summed E-state index contributed by atoms with van der Waals surface area (Å²) in [6.45, 7) is 2.20. The van der Waals surface area contributed by atoms with E-state index in [9.17, 15) is 14.7 Å². The summed E-state index contributed by atoms with van der Waals surface area (Å²) in [6, 6.07) is 10.5. The average Bonchev–Trinajstić information content (AvgIpc) is 2.63. The third kappa shape index (κ3) is 5.22. The molecule has 0 heterocycles. The molecule has 0 saturated heterocycles. The van der Waals surface area contributed by atoms with Gasteiger partial charge in [0.05, 0.1) is 18.3 Å². The van der Waals surface area contributed by atoms with Crippen molar-refractivity contribution in [2.75, 3.05) is 7.11 Å². The van der Waals surface area contributed by atoms with Crippen LogP contribution in [0, 0.1) is 6.92 Å². The van der Waals surface area contributed by atoms with E-state index in [1.165, 1.54) is 25.5 Å². The summed E-state index contributed by atoms with van der Waals surface area (Å²) >= 11 is 5.86. The van der Waals surface area contributed by atoms with Gasteiger partial charge in [-0.15, -0.1) is 0 Å². The van der Waals surface area contributed by atoms with Crippen molar-refractivity contribution in [2.24, 2.45) is 5.10 Å². The molecule has 0 saturated carbocycles. The Morgan fingerprint density at radius 3 is 2.58 bits per heavy atom. The topological polar surface area (TPSA) is 100 Å². The highest BCUT2D eigenvalue weighted by molar-refractivity contribution is 6.35. The number of hydrogen-bond donors (Lipinski definition) is 3. The molecule has 0 unspecified atom stereocenters. The molecule has 7 nitrogen and oxygen atoms in total. The zero-order valence-corrected chi connectivity index (χ0v) is 15.0. The molecule has 2 rings (SSSR count). The van der Waals surface area contributed by atoms with E-state index >= 15 is 0 Å². The molecule has 26 heavy (non-hydrogen) atoms. The van der Waals surface area contributed by atoms with Crippen LogP contribution in [0.1, 0.15) is 16.7 Å². The number of methoxy groups -OCH3 is 1. The fraction of sp³-hybridized carbons (Fsp3) is 0.167. The molecule has 0 bridgehead atoms. The maximum Gasteiger partial charge on any atom is 0.329 e. The van der Waals surface area contributed by atoms with Crippen LogP contribution in [0.15, 0.2) is 41.5 Å². The van der Waals surface area contributed by atoms with Gasteiger partial charge in [-0.05, 0) is 30.2 Å². The molecule has 8 heteroatoms. The second-order valence-electron chi connectivity index (χ2n) is 5.42. The normalized spacial score (nSPS) is 10.6. The molecule has 136 valence electrons. The molecular weight excluding hydrogens is 358 g/mol. The summed E-state index contributed by atoms with van der Waals surface area (Å²) < 4.78 is 4.97. The van der Waals surface area contributed by atoms with Gasteiger partial charge in [-0.3, -0.25) is 9.59 Å². The summed E-state index contributed by atoms with van der Waals surface area (Å²) in [5.41, 5.74) is 4.59. The molecule has 0 fully saturated rings. The number of ether oxygens (including phenoxy) is 1. The van der Waals surface area contributed by atoms with Gasteiger partial charge in [-0.1, -0.05) is 41.4 Å². The Bertz CT molecular complexity index is 835. The minimum atomic E-state index is -0.898. The summed E-state index contributed by atoms with van der Waals surface area (Å²) in [7, 11) is 1.38. The van der Waals surface area contributed by atoms with Crippen molar-refractivity contribution in [1.82, 2.24) is 10.7 Å². The molecule has 2 amide bonds. The van der Waals surface area contributed by atoms with E-state index in [-0.39, 0.29) is 23.1 Å². The van der Waals surface area contributed by atoms with Gasteiger partial charge in [-0.2, -0.15) is 5.10 Å². The number of aryl methyl sites for hydroxylation is 1. The van der Waals surface area contributed by atoms with Gasteiger partial charge in [0.25, 0.3) is 0 Å². The van der Waals surface area contributed by atoms with E-state index < -0.39 is 11.8 Å². The molecule has 0 radical (unpaired) electrons. The number of aromatic hydroxyl groups is 1. The Balaban J connectivity index is 1.89. The number of rotatable bonds is 5. The second-order valence-corrected chi connectivity index (χ2v) is 5.83. The standard InChI is InChI=1S/C18H18ClN3O4/c1-11-3-5-12(6-4-11)9-20-17(24)18(25)22-21-10-13-7-14(19)16(23)15(8-13)26-2/h3-8,10,23H,9H2,1-2H3,(H,20,24)(H,22,25)/b21-10-. The molecular formula is C18H18ClN3O4. The zero-order valence-electron chi connectivity index (χ0n) is 14.2. The van der Waals surface area contributed by atoms with Crippen LogP contribution in [0.2, 0.25) is 5.02 Å². The minimum absolute atomic E-state index is 0.0768. The number of benzene rings is 2. The summed E-state index contributed by atoms with van der Waals surface area (Å²) in [5, 5.41) is 15.9. The predicted molar refractivity (Wildman–Crippen MR) is 98.4 cm³/mol. The Kier molecular flexibility index (Phi) is 6.57. The van der Waals surface area contributed by atoms with Crippen molar-refractivity contribution in [1.29, 1.82) is 0 Å². The molecule has 0 aliphatic heterocycles. The molecule has 2 aromatic rings. The zero-order chi connectivity index (χ0) is 19.1. The van der Waals surface area contributed by atoms with E-state index in [2.05, 4.69) is 15.8 Å². The lowest BCUT2D eigenvalue weighted by Crippen LogP contribution is -2.37. The summed E-state index contributed by atoms with van der Waals surface area (Å²) in [6.07, 6.45) is 1.28. The van der Waals surface area contributed by atoms with Crippen molar-refractivity contribution in [3.05, 3.63) is 58.1 Å². The molecule has 0 aliphatic rings. The van der Waals surface area contributed by atoms with Gasteiger partial charge in [0.1, 0.15) is 0 Å². The van der Waals surface area contributed by atoms with Crippen LogP contribution < -0.4 is 15.5 Å². The number of carbonyl (C=O) groups is 2. The largest absolute Gasteiger partial charge is 0.503 e. The summed E-state index contributed by atoms with van der Waals surface area (Å²) in [5.74, 6) is -1.72. The smallest absolute Gasteiger partial charge is 0.329 e. The van der Waals surface area contributed by atoms with Crippen molar-refractivity contribution >= 4 is 29.6 Å². The van der Waals surface area contributed by atoms with Crippen molar-refractivity contribution in [2.45, 2.75) is 13.5 Å². The SMILES string of the molecule is COc1cc(/C=N\NC(=O)C(=O)NCc2ccc(C)cc2)cc(Cl)c1O. The fourth-order valence-electron chi connectivity index (χ4n) is 2.01. The van der Waals surface area contributed by atoms with Crippen molar-refractivity contribution in [3.8, 4) is 11.5 Å². The molecule has 3 N–H and O–H groups in total. The van der Waals surface area contributed by atoms with Gasteiger partial charge in [-0.25, -0.2) is 5.43 Å². The Morgan fingerprint density at radius 2 is 1.92 bits per heavy atom. The molecule has 2 aromatic carbocycles. The first kappa shape index (κ1) is 19.3. The van der Waals surface area contributed by atoms with Gasteiger partial charge in [0.2, 0.25) is 0 Å². The van der Waals surface area contributed by atoms with Crippen LogP contribution >= 0.6 is 11.6 Å². The van der Waals surface area contributed by atoms with Gasteiger partial charge in [0, 0.05) is 6.54 Å². The number of nitrogens with zero attached hydrogens (tertiary/aromatic N) is 1. The van der Waals surface area contributed by atoms with Crippen LogP contribution in [0.4, 0.5) is 0 Å². The molecule has 0 aromatic heterocycles. The number of carbonyl (C=O) groups excluding carboxylic acids is 2. The number of halogens is 1. The molecule has 0 spiro atoms. The van der Waals surface area contributed by atoms with E-state index in [0.717, 1.165) is 11.1 Å². The number of hydrazone groups is 1. The Labute approximate surface area is 155 Å². The highest BCUT2D eigenvalue weighted by atomic mass is 35.5. The van der Waals surface area contributed by atoms with Gasteiger partial charge in [0.15, 0.2) is 11.5 Å². The van der Waals surface area contributed by atoms with Crippen LogP contribution in [-0.2, 0) is 16.1 Å². The van der Waals surface area contributed by atoms with E-state index in [0.29, 0.717) is 5.56 Å². The quantitative estimate of drug-likeness (QED) is 0.423. The first-order chi connectivity index (χ1) is 12.4. The van der Waals surface area contributed by atoms with Crippen LogP contribution in [0.3, 0.4) is 0 Å². The molecule has 0 atom stereocenters. The van der Waals surface area contributed by atoms with Gasteiger partial charge < -0.3 is 15.2 Å². The number of amides is 2. The third-order valence-electron chi connectivity index (χ3n) is 3.43. The lowest BCUT2D eigenvalue weighted by atomic mass is 10.1. The van der Waals surface area contributed by atoms with Crippen LogP contribution in [-0.4, -0.2) is 30.2 Å². The number of phenols is 1. The number of hydrogen-bond acceptors (Lipinski definition) is 5. The average molecular weight is 376 g/mol. The highest BCUT2D eigenvalue weighted by Gasteiger charge is 2.12. The van der Waals surface area contributed by atoms with E-state index in [4.69, 9.17) is 16.3 Å². The maximum absolute atomic E-state index is 11.8. The minimum Gasteiger partial charge on any atom is -0.503 e. The Hall–Kier alpha value is -3.06. The first-order valence-corrected chi connectivity index (χ1v) is 8.01. The second kappa shape index (κ2) is 8.87. The molecule has 0 aliphatic carbocycles. The van der Waals surface area contributed by atoms with E-state index in [1.54, 1.807) is 0 Å². The third-order valence-corrected chi connectivity index (χ3v) is 3.72. The predicted octanol–water partition coefficient (Wildman–Crippen LogP) is 2.13.